The maximum atomic E-state index is 12.6. The molecule has 3 aromatic carbocycles. The number of fused-ring (bicyclic) bond motifs is 2. The monoisotopic (exact) mass is 361 g/mol. The number of esters is 1. The van der Waals surface area contributed by atoms with E-state index in [9.17, 15) is 14.7 Å². The molecule has 5 nitrogen and oxygen atoms in total. The Balaban J connectivity index is 1.49. The molecule has 1 heterocycles. The number of carbonyl (C=O) groups excluding carboxylic acids is 2. The van der Waals surface area contributed by atoms with Gasteiger partial charge in [0.15, 0.2) is 6.61 Å². The Morgan fingerprint density at radius 2 is 1.78 bits per heavy atom. The molecule has 0 saturated heterocycles. The fourth-order valence-corrected chi connectivity index (χ4v) is 3.50. The molecule has 0 aliphatic carbocycles. The highest BCUT2D eigenvalue weighted by atomic mass is 16.5. The highest BCUT2D eigenvalue weighted by molar-refractivity contribution is 6.02. The SMILES string of the molecule is O=C(OCC(=O)N1CCCc2ccccc21)c1ccc2ccccc2c1O. The van der Waals surface area contributed by atoms with Crippen LogP contribution in [0.3, 0.4) is 0 Å². The van der Waals surface area contributed by atoms with Crippen LogP contribution in [0.2, 0.25) is 0 Å². The first kappa shape index (κ1) is 17.1. The molecule has 0 saturated carbocycles. The summed E-state index contributed by atoms with van der Waals surface area (Å²) in [6.45, 7) is 0.244. The van der Waals surface area contributed by atoms with Gasteiger partial charge in [0.2, 0.25) is 0 Å². The normalized spacial score (nSPS) is 13.3. The largest absolute Gasteiger partial charge is 0.506 e. The van der Waals surface area contributed by atoms with E-state index in [0.29, 0.717) is 11.9 Å². The molecule has 3 aromatic rings. The van der Waals surface area contributed by atoms with Crippen molar-refractivity contribution in [3.05, 3.63) is 71.8 Å². The average Bonchev–Trinajstić information content (AvgIpc) is 2.72. The third kappa shape index (κ3) is 3.24. The van der Waals surface area contributed by atoms with E-state index in [1.54, 1.807) is 23.1 Å². The number of aromatic hydroxyl groups is 1. The van der Waals surface area contributed by atoms with Crippen molar-refractivity contribution >= 4 is 28.3 Å². The lowest BCUT2D eigenvalue weighted by molar-refractivity contribution is -0.121. The van der Waals surface area contributed by atoms with Gasteiger partial charge in [-0.05, 0) is 35.9 Å². The highest BCUT2D eigenvalue weighted by Crippen LogP contribution is 2.29. The first-order valence-corrected chi connectivity index (χ1v) is 8.91. The van der Waals surface area contributed by atoms with E-state index < -0.39 is 5.97 Å². The predicted octanol–water partition coefficient (Wildman–Crippen LogP) is 3.68. The Labute approximate surface area is 156 Å². The van der Waals surface area contributed by atoms with Crippen LogP contribution in [0, 0.1) is 0 Å². The van der Waals surface area contributed by atoms with Crippen LogP contribution in [0.15, 0.2) is 60.7 Å². The number of phenolic OH excluding ortho intramolecular Hbond substituents is 1. The van der Waals surface area contributed by atoms with Crippen molar-refractivity contribution in [1.82, 2.24) is 0 Å². The summed E-state index contributed by atoms with van der Waals surface area (Å²) >= 11 is 0. The van der Waals surface area contributed by atoms with Crippen molar-refractivity contribution in [2.75, 3.05) is 18.1 Å². The fraction of sp³-hybridized carbons (Fsp3) is 0.182. The minimum absolute atomic E-state index is 0.0561. The number of benzene rings is 3. The third-order valence-corrected chi connectivity index (χ3v) is 4.86. The van der Waals surface area contributed by atoms with E-state index in [4.69, 9.17) is 4.74 Å². The number of aryl methyl sites for hydroxylation is 1. The molecule has 0 fully saturated rings. The van der Waals surface area contributed by atoms with Crippen LogP contribution >= 0.6 is 0 Å². The lowest BCUT2D eigenvalue weighted by Crippen LogP contribution is -2.38. The van der Waals surface area contributed by atoms with E-state index in [1.807, 2.05) is 36.4 Å². The molecule has 0 radical (unpaired) electrons. The van der Waals surface area contributed by atoms with Crippen LogP contribution in [-0.2, 0) is 16.0 Å². The molecule has 136 valence electrons. The number of anilines is 1. The summed E-state index contributed by atoms with van der Waals surface area (Å²) in [4.78, 5) is 26.6. The van der Waals surface area contributed by atoms with Gasteiger partial charge in [0.1, 0.15) is 11.3 Å². The molecule has 0 spiro atoms. The Hall–Kier alpha value is -3.34. The minimum Gasteiger partial charge on any atom is -0.506 e. The molecule has 0 atom stereocenters. The molecule has 0 unspecified atom stereocenters. The number of phenols is 1. The lowest BCUT2D eigenvalue weighted by Gasteiger charge is -2.29. The topological polar surface area (TPSA) is 66.8 Å². The molecule has 5 heteroatoms. The first-order chi connectivity index (χ1) is 13.1. The zero-order valence-corrected chi connectivity index (χ0v) is 14.7. The second-order valence-electron chi connectivity index (χ2n) is 6.54. The standard InChI is InChI=1S/C22H19NO4/c24-20(23-13-5-8-16-7-2-4-10-19(16)23)14-27-22(26)18-12-11-15-6-1-3-9-17(15)21(18)25/h1-4,6-7,9-12,25H,5,8,13-14H2. The Bertz CT molecular complexity index is 1030. The van der Waals surface area contributed by atoms with Crippen molar-refractivity contribution in [2.24, 2.45) is 0 Å². The molecule has 1 aliphatic rings. The number of hydrogen-bond acceptors (Lipinski definition) is 4. The molecular weight excluding hydrogens is 342 g/mol. The fourth-order valence-electron chi connectivity index (χ4n) is 3.50. The first-order valence-electron chi connectivity index (χ1n) is 8.91. The Morgan fingerprint density at radius 3 is 2.67 bits per heavy atom. The van der Waals surface area contributed by atoms with Crippen LogP contribution in [-0.4, -0.2) is 30.1 Å². The van der Waals surface area contributed by atoms with Crippen molar-refractivity contribution in [2.45, 2.75) is 12.8 Å². The summed E-state index contributed by atoms with van der Waals surface area (Å²) in [6.07, 6.45) is 1.81. The number of hydrogen-bond donors (Lipinski definition) is 1. The van der Waals surface area contributed by atoms with E-state index >= 15 is 0 Å². The van der Waals surface area contributed by atoms with Crippen molar-refractivity contribution in [1.29, 1.82) is 0 Å². The minimum atomic E-state index is -0.711. The second kappa shape index (κ2) is 7.11. The van der Waals surface area contributed by atoms with E-state index in [1.165, 1.54) is 6.07 Å². The average molecular weight is 361 g/mol. The van der Waals surface area contributed by atoms with E-state index in [2.05, 4.69) is 0 Å². The van der Waals surface area contributed by atoms with Gasteiger partial charge in [-0.3, -0.25) is 4.79 Å². The van der Waals surface area contributed by atoms with Crippen LogP contribution in [0.4, 0.5) is 5.69 Å². The van der Waals surface area contributed by atoms with Crippen LogP contribution < -0.4 is 4.90 Å². The summed E-state index contributed by atoms with van der Waals surface area (Å²) in [5.74, 6) is -1.11. The predicted molar refractivity (Wildman–Crippen MR) is 103 cm³/mol. The molecule has 27 heavy (non-hydrogen) atoms. The smallest absolute Gasteiger partial charge is 0.342 e. The second-order valence-corrected chi connectivity index (χ2v) is 6.54. The number of carbonyl (C=O) groups is 2. The number of para-hydroxylation sites is 1. The van der Waals surface area contributed by atoms with Crippen LogP contribution in [0.5, 0.6) is 5.75 Å². The molecule has 4 rings (SSSR count). The van der Waals surface area contributed by atoms with Crippen molar-refractivity contribution in [3.63, 3.8) is 0 Å². The number of amides is 1. The molecule has 0 aromatic heterocycles. The van der Waals surface area contributed by atoms with E-state index in [0.717, 1.165) is 29.5 Å². The quantitative estimate of drug-likeness (QED) is 0.723. The summed E-state index contributed by atoms with van der Waals surface area (Å²) < 4.78 is 5.20. The highest BCUT2D eigenvalue weighted by Gasteiger charge is 2.24. The molecule has 1 aliphatic heterocycles. The maximum absolute atomic E-state index is 12.6. The van der Waals surface area contributed by atoms with Gasteiger partial charge in [-0.1, -0.05) is 48.5 Å². The number of rotatable bonds is 3. The maximum Gasteiger partial charge on any atom is 0.342 e. The third-order valence-electron chi connectivity index (χ3n) is 4.86. The van der Waals surface area contributed by atoms with Gasteiger partial charge in [0, 0.05) is 17.6 Å². The summed E-state index contributed by atoms with van der Waals surface area (Å²) in [6, 6.07) is 18.2. The summed E-state index contributed by atoms with van der Waals surface area (Å²) in [5.41, 5.74) is 2.05. The zero-order valence-electron chi connectivity index (χ0n) is 14.7. The van der Waals surface area contributed by atoms with Gasteiger partial charge in [0.25, 0.3) is 5.91 Å². The van der Waals surface area contributed by atoms with Crippen molar-refractivity contribution in [3.8, 4) is 5.75 Å². The lowest BCUT2D eigenvalue weighted by atomic mass is 10.0. The summed E-state index contributed by atoms with van der Waals surface area (Å²) in [7, 11) is 0. The Morgan fingerprint density at radius 1 is 1.00 bits per heavy atom. The molecule has 1 amide bonds. The molecular formula is C22H19NO4. The van der Waals surface area contributed by atoms with Gasteiger partial charge in [-0.25, -0.2) is 4.79 Å². The number of ether oxygens (including phenoxy) is 1. The van der Waals surface area contributed by atoms with Gasteiger partial charge in [-0.15, -0.1) is 0 Å². The summed E-state index contributed by atoms with van der Waals surface area (Å²) in [5, 5.41) is 11.8. The van der Waals surface area contributed by atoms with E-state index in [-0.39, 0.29) is 23.8 Å². The van der Waals surface area contributed by atoms with Gasteiger partial charge in [-0.2, -0.15) is 0 Å². The molecule has 0 bridgehead atoms. The van der Waals surface area contributed by atoms with Gasteiger partial charge < -0.3 is 14.7 Å². The zero-order chi connectivity index (χ0) is 18.8. The van der Waals surface area contributed by atoms with Crippen molar-refractivity contribution < 1.29 is 19.4 Å². The van der Waals surface area contributed by atoms with Crippen LogP contribution in [0.25, 0.3) is 10.8 Å². The van der Waals surface area contributed by atoms with Gasteiger partial charge in [0.05, 0.1) is 0 Å². The number of nitrogens with zero attached hydrogens (tertiary/aromatic N) is 1. The Kier molecular flexibility index (Phi) is 4.50. The van der Waals surface area contributed by atoms with Crippen LogP contribution in [0.1, 0.15) is 22.3 Å². The molecule has 1 N–H and O–H groups in total. The van der Waals surface area contributed by atoms with Gasteiger partial charge >= 0.3 is 5.97 Å².